The van der Waals surface area contributed by atoms with E-state index in [1.807, 2.05) is 12.3 Å². The van der Waals surface area contributed by atoms with Crippen LogP contribution < -0.4 is 9.64 Å². The highest BCUT2D eigenvalue weighted by Gasteiger charge is 2.50. The molecule has 0 aromatic carbocycles. The van der Waals surface area contributed by atoms with Crippen LogP contribution in [0.15, 0.2) is 24.7 Å². The van der Waals surface area contributed by atoms with E-state index >= 15 is 0 Å². The maximum Gasteiger partial charge on any atom is 0.185 e. The fourth-order valence-electron chi connectivity index (χ4n) is 5.09. The van der Waals surface area contributed by atoms with Gasteiger partial charge in [0.1, 0.15) is 17.0 Å². The smallest absolute Gasteiger partial charge is 0.185 e. The number of aromatic amines is 1. The lowest BCUT2D eigenvalue weighted by atomic mass is 9.93. The van der Waals surface area contributed by atoms with Crippen molar-refractivity contribution in [3.05, 3.63) is 30.4 Å². The second kappa shape index (κ2) is 7.64. The van der Waals surface area contributed by atoms with Crippen molar-refractivity contribution in [1.29, 1.82) is 0 Å². The molecule has 1 N–H and O–H groups in total. The summed E-state index contributed by atoms with van der Waals surface area (Å²) in [6, 6.07) is 1.97. The summed E-state index contributed by atoms with van der Waals surface area (Å²) in [7, 11) is -3.55. The molecule has 3 aromatic heterocycles. The molecule has 2 saturated heterocycles. The lowest BCUT2D eigenvalue weighted by Gasteiger charge is -2.43. The molecule has 2 fully saturated rings. The summed E-state index contributed by atoms with van der Waals surface area (Å²) >= 11 is 0. The molecule has 0 bridgehead atoms. The van der Waals surface area contributed by atoms with Gasteiger partial charge in [-0.05, 0) is 18.9 Å². The Hall–Kier alpha value is -2.76. The van der Waals surface area contributed by atoms with Gasteiger partial charge in [0.25, 0.3) is 0 Å². The first-order chi connectivity index (χ1) is 16.0. The summed E-state index contributed by atoms with van der Waals surface area (Å²) in [4.78, 5) is 19.5. The number of sulfone groups is 1. The summed E-state index contributed by atoms with van der Waals surface area (Å²) in [6.07, 6.45) is 7.22. The summed E-state index contributed by atoms with van der Waals surface area (Å²) in [5.74, 6) is 1.52. The number of anilines is 1. The van der Waals surface area contributed by atoms with E-state index < -0.39 is 14.6 Å². The number of fused-ring (bicyclic) bond motifs is 4. The highest BCUT2D eigenvalue weighted by molar-refractivity contribution is 7.91. The lowest BCUT2D eigenvalue weighted by Crippen LogP contribution is -2.52. The Morgan fingerprint density at radius 1 is 1.12 bits per heavy atom. The molecule has 0 spiro atoms. The normalized spacial score (nSPS) is 22.5. The van der Waals surface area contributed by atoms with E-state index in [9.17, 15) is 8.42 Å². The minimum Gasteiger partial charge on any atom is -0.486 e. The molecule has 6 heterocycles. The van der Waals surface area contributed by atoms with Gasteiger partial charge in [-0.3, -0.25) is 4.98 Å². The Morgan fingerprint density at radius 3 is 2.79 bits per heavy atom. The maximum atomic E-state index is 13.3. The van der Waals surface area contributed by atoms with Gasteiger partial charge in [0.05, 0.1) is 31.0 Å². The van der Waals surface area contributed by atoms with Gasteiger partial charge in [0.15, 0.2) is 27.2 Å². The first kappa shape index (κ1) is 20.8. The zero-order chi connectivity index (χ0) is 22.6. The SMILES string of the molecule is CS(=O)(=O)C1(c2nc(-c3cncc4[nH]ccc34)nc3c2OCC2COCCN32)CCOCC1. The molecule has 0 saturated carbocycles. The average molecular weight is 472 g/mol. The number of pyridine rings is 1. The highest BCUT2D eigenvalue weighted by Crippen LogP contribution is 2.48. The Labute approximate surface area is 191 Å². The third kappa shape index (κ3) is 3.21. The lowest BCUT2D eigenvalue weighted by molar-refractivity contribution is 0.0640. The zero-order valence-electron chi connectivity index (χ0n) is 18.3. The molecule has 3 aliphatic rings. The summed E-state index contributed by atoms with van der Waals surface area (Å²) in [5.41, 5.74) is 2.02. The third-order valence-corrected chi connectivity index (χ3v) is 8.95. The van der Waals surface area contributed by atoms with E-state index in [1.165, 1.54) is 6.26 Å². The predicted octanol–water partition coefficient (Wildman–Crippen LogP) is 1.67. The second-order valence-electron chi connectivity index (χ2n) is 8.79. The molecule has 3 aliphatic heterocycles. The number of H-pyrrole nitrogens is 1. The van der Waals surface area contributed by atoms with Crippen molar-refractivity contribution >= 4 is 26.6 Å². The van der Waals surface area contributed by atoms with Crippen LogP contribution in [0.3, 0.4) is 0 Å². The molecule has 3 aromatic rings. The molecule has 1 unspecified atom stereocenters. The number of nitrogens with one attached hydrogen (secondary N) is 1. The minimum absolute atomic E-state index is 0.0203. The van der Waals surface area contributed by atoms with Gasteiger partial charge in [-0.25, -0.2) is 18.4 Å². The largest absolute Gasteiger partial charge is 0.486 e. The van der Waals surface area contributed by atoms with Crippen molar-refractivity contribution in [1.82, 2.24) is 19.9 Å². The number of hydrogen-bond donors (Lipinski definition) is 1. The number of rotatable bonds is 3. The quantitative estimate of drug-likeness (QED) is 0.608. The van der Waals surface area contributed by atoms with E-state index in [0.717, 1.165) is 16.5 Å². The van der Waals surface area contributed by atoms with Crippen LogP contribution in [0.4, 0.5) is 5.82 Å². The molecule has 6 rings (SSSR count). The van der Waals surface area contributed by atoms with Crippen LogP contribution in [0.25, 0.3) is 22.3 Å². The van der Waals surface area contributed by atoms with E-state index in [0.29, 0.717) is 75.5 Å². The van der Waals surface area contributed by atoms with Crippen LogP contribution in [-0.4, -0.2) is 80.2 Å². The maximum absolute atomic E-state index is 13.3. The van der Waals surface area contributed by atoms with Gasteiger partial charge in [0.2, 0.25) is 0 Å². The Bertz CT molecular complexity index is 1320. The van der Waals surface area contributed by atoms with Crippen LogP contribution in [-0.2, 0) is 24.1 Å². The topological polar surface area (TPSA) is 120 Å². The van der Waals surface area contributed by atoms with E-state index in [-0.39, 0.29) is 6.04 Å². The molecular weight excluding hydrogens is 446 g/mol. The van der Waals surface area contributed by atoms with Gasteiger partial charge < -0.3 is 24.1 Å². The second-order valence-corrected chi connectivity index (χ2v) is 11.1. The molecule has 1 atom stereocenters. The molecule has 0 aliphatic carbocycles. The molecule has 0 amide bonds. The van der Waals surface area contributed by atoms with Gasteiger partial charge in [-0.1, -0.05) is 0 Å². The zero-order valence-corrected chi connectivity index (χ0v) is 19.1. The first-order valence-electron chi connectivity index (χ1n) is 11.1. The van der Waals surface area contributed by atoms with Gasteiger partial charge in [-0.2, -0.15) is 0 Å². The summed E-state index contributed by atoms with van der Waals surface area (Å²) in [5, 5.41) is 0.923. The van der Waals surface area contributed by atoms with Crippen LogP contribution >= 0.6 is 0 Å². The monoisotopic (exact) mass is 471 g/mol. The van der Waals surface area contributed by atoms with Gasteiger partial charge in [0, 0.05) is 49.4 Å². The number of aromatic nitrogens is 4. The standard InChI is InChI=1S/C22H25N5O5S/c1-33(28,29)22(3-7-30-8-4-22)19-18-21(27-6-9-31-12-14(27)13-32-18)26-20(25-19)16-10-23-11-17-15(16)2-5-24-17/h2,5,10-11,14,24H,3-4,6-9,12-13H2,1H3. The van der Waals surface area contributed by atoms with Crippen molar-refractivity contribution in [2.75, 3.05) is 50.7 Å². The first-order valence-corrected chi connectivity index (χ1v) is 13.0. The van der Waals surface area contributed by atoms with E-state index in [4.69, 9.17) is 24.2 Å². The van der Waals surface area contributed by atoms with Gasteiger partial charge in [-0.15, -0.1) is 0 Å². The summed E-state index contributed by atoms with van der Waals surface area (Å²) < 4.78 is 42.7. The Balaban J connectivity index is 1.64. The number of nitrogens with zero attached hydrogens (tertiary/aromatic N) is 4. The molecule has 10 nitrogen and oxygen atoms in total. The highest BCUT2D eigenvalue weighted by atomic mass is 32.2. The van der Waals surface area contributed by atoms with Crippen molar-refractivity contribution in [3.63, 3.8) is 0 Å². The van der Waals surface area contributed by atoms with Crippen molar-refractivity contribution in [2.24, 2.45) is 0 Å². The number of ether oxygens (including phenoxy) is 3. The molecule has 0 radical (unpaired) electrons. The van der Waals surface area contributed by atoms with Gasteiger partial charge >= 0.3 is 0 Å². The van der Waals surface area contributed by atoms with E-state index in [1.54, 1.807) is 12.4 Å². The van der Waals surface area contributed by atoms with Crippen molar-refractivity contribution in [3.8, 4) is 17.1 Å². The molecular formula is C22H25N5O5S. The van der Waals surface area contributed by atoms with Crippen LogP contribution in [0.5, 0.6) is 5.75 Å². The summed E-state index contributed by atoms with van der Waals surface area (Å²) in [6.45, 7) is 2.85. The molecule has 174 valence electrons. The van der Waals surface area contributed by atoms with Crippen molar-refractivity contribution in [2.45, 2.75) is 23.6 Å². The number of morpholine rings is 1. The Kier molecular flexibility index (Phi) is 4.82. The predicted molar refractivity (Wildman–Crippen MR) is 121 cm³/mol. The fraction of sp³-hybridized carbons (Fsp3) is 0.500. The van der Waals surface area contributed by atoms with Crippen LogP contribution in [0, 0.1) is 0 Å². The average Bonchev–Trinajstić information content (AvgIpc) is 3.32. The molecule has 11 heteroatoms. The fourth-order valence-corrected chi connectivity index (χ4v) is 6.49. The minimum atomic E-state index is -3.55. The van der Waals surface area contributed by atoms with Crippen LogP contribution in [0.1, 0.15) is 18.5 Å². The van der Waals surface area contributed by atoms with E-state index in [2.05, 4.69) is 14.9 Å². The Morgan fingerprint density at radius 2 is 1.97 bits per heavy atom. The molecule has 33 heavy (non-hydrogen) atoms. The van der Waals surface area contributed by atoms with Crippen LogP contribution in [0.2, 0.25) is 0 Å². The third-order valence-electron chi connectivity index (χ3n) is 6.93. The van der Waals surface area contributed by atoms with Crippen molar-refractivity contribution < 1.29 is 22.6 Å². The number of hydrogen-bond acceptors (Lipinski definition) is 9.